The number of allylic oxidation sites excluding steroid dienone is 1. The average Bonchev–Trinajstić information content (AvgIpc) is 2.73. The number of pyridine rings is 3. The molecular formula is C21H22ClN5O. The summed E-state index contributed by atoms with van der Waals surface area (Å²) in [6.45, 7) is 2.51. The van der Waals surface area contributed by atoms with Crippen LogP contribution in [0.2, 0.25) is 5.02 Å². The molecule has 144 valence electrons. The van der Waals surface area contributed by atoms with Crippen molar-refractivity contribution in [2.75, 3.05) is 12.4 Å². The fourth-order valence-electron chi connectivity index (χ4n) is 2.86. The zero-order valence-electron chi connectivity index (χ0n) is 15.8. The Bertz CT molecular complexity index is 973. The van der Waals surface area contributed by atoms with Crippen LogP contribution in [-0.2, 0) is 13.0 Å². The number of nitrogens with zero attached hydrogens (tertiary/aromatic N) is 3. The molecule has 3 aromatic rings. The molecule has 3 N–H and O–H groups in total. The van der Waals surface area contributed by atoms with E-state index in [9.17, 15) is 0 Å². The Morgan fingerprint density at radius 1 is 1.21 bits per heavy atom. The number of methoxy groups -OCH3 is 1. The molecule has 0 fully saturated rings. The number of halogens is 1. The summed E-state index contributed by atoms with van der Waals surface area (Å²) < 4.78 is 5.26. The molecule has 6 nitrogen and oxygen atoms in total. The molecule has 0 atom stereocenters. The van der Waals surface area contributed by atoms with Gasteiger partial charge in [-0.15, -0.1) is 0 Å². The lowest BCUT2D eigenvalue weighted by Crippen LogP contribution is -2.04. The van der Waals surface area contributed by atoms with E-state index in [1.165, 1.54) is 0 Å². The maximum absolute atomic E-state index is 6.08. The molecule has 0 unspecified atom stereocenters. The second-order valence-electron chi connectivity index (χ2n) is 6.23. The monoisotopic (exact) mass is 395 g/mol. The van der Waals surface area contributed by atoms with E-state index in [4.69, 9.17) is 22.1 Å². The molecule has 0 spiro atoms. The van der Waals surface area contributed by atoms with Crippen molar-refractivity contribution in [3.05, 3.63) is 82.5 Å². The van der Waals surface area contributed by atoms with Gasteiger partial charge in [0.2, 0.25) is 5.88 Å². The minimum absolute atomic E-state index is 0.574. The Hall–Kier alpha value is -3.12. The first kappa shape index (κ1) is 19.6. The molecule has 28 heavy (non-hydrogen) atoms. The summed E-state index contributed by atoms with van der Waals surface area (Å²) in [5, 5.41) is 3.87. The highest BCUT2D eigenvalue weighted by atomic mass is 35.5. The zero-order chi connectivity index (χ0) is 19.9. The SMILES string of the molecule is COc1ncccc1CNc1ccc(C/C(=C/N)c2cc(Cl)cnc2C)cn1. The lowest BCUT2D eigenvalue weighted by molar-refractivity contribution is 0.393. The van der Waals surface area contributed by atoms with Crippen LogP contribution in [0.4, 0.5) is 5.82 Å². The standard InChI is InChI=1S/C21H22ClN5O/c1-14-19(9-18(22)13-25-14)17(10-23)8-15-5-6-20(26-11-15)27-12-16-4-3-7-24-21(16)28-2/h3-7,9-11,13H,8,12,23H2,1-2H3,(H,26,27)/b17-10-. The van der Waals surface area contributed by atoms with E-state index in [1.54, 1.807) is 25.7 Å². The number of aromatic nitrogens is 3. The van der Waals surface area contributed by atoms with Gasteiger partial charge in [-0.2, -0.15) is 0 Å². The van der Waals surface area contributed by atoms with E-state index >= 15 is 0 Å². The number of nitrogens with two attached hydrogens (primary N) is 1. The number of aryl methyl sites for hydroxylation is 1. The smallest absolute Gasteiger partial charge is 0.218 e. The minimum atomic E-state index is 0.574. The second-order valence-corrected chi connectivity index (χ2v) is 6.67. The van der Waals surface area contributed by atoms with Crippen molar-refractivity contribution in [3.8, 4) is 5.88 Å². The van der Waals surface area contributed by atoms with Crippen LogP contribution in [-0.4, -0.2) is 22.1 Å². The van der Waals surface area contributed by atoms with Crippen LogP contribution >= 0.6 is 11.6 Å². The van der Waals surface area contributed by atoms with Crippen LogP contribution in [0.3, 0.4) is 0 Å². The fraction of sp³-hybridized carbons (Fsp3) is 0.190. The first-order valence-electron chi connectivity index (χ1n) is 8.80. The molecule has 3 heterocycles. The van der Waals surface area contributed by atoms with Crippen LogP contribution in [0.1, 0.15) is 22.4 Å². The van der Waals surface area contributed by atoms with Crippen LogP contribution < -0.4 is 15.8 Å². The third-order valence-corrected chi connectivity index (χ3v) is 4.53. The van der Waals surface area contributed by atoms with E-state index < -0.39 is 0 Å². The maximum atomic E-state index is 6.08. The molecule has 0 aliphatic rings. The van der Waals surface area contributed by atoms with E-state index in [-0.39, 0.29) is 0 Å². The summed E-state index contributed by atoms with van der Waals surface area (Å²) in [5.74, 6) is 1.38. The van der Waals surface area contributed by atoms with Crippen molar-refractivity contribution in [3.63, 3.8) is 0 Å². The van der Waals surface area contributed by atoms with E-state index in [0.29, 0.717) is 23.9 Å². The van der Waals surface area contributed by atoms with Gasteiger partial charge in [-0.1, -0.05) is 23.7 Å². The first-order chi connectivity index (χ1) is 13.6. The van der Waals surface area contributed by atoms with Crippen LogP contribution in [0.15, 0.2) is 55.1 Å². The number of nitrogens with one attached hydrogen (secondary N) is 1. The van der Waals surface area contributed by atoms with Crippen molar-refractivity contribution in [1.82, 2.24) is 15.0 Å². The predicted octanol–water partition coefficient (Wildman–Crippen LogP) is 4.00. The van der Waals surface area contributed by atoms with Gasteiger partial charge >= 0.3 is 0 Å². The van der Waals surface area contributed by atoms with Gasteiger partial charge in [-0.05, 0) is 42.5 Å². The zero-order valence-corrected chi connectivity index (χ0v) is 16.6. The molecule has 7 heteroatoms. The summed E-state index contributed by atoms with van der Waals surface area (Å²) in [5.41, 5.74) is 10.7. The lowest BCUT2D eigenvalue weighted by atomic mass is 9.99. The van der Waals surface area contributed by atoms with Crippen molar-refractivity contribution in [2.24, 2.45) is 5.73 Å². The Kier molecular flexibility index (Phi) is 6.45. The summed E-state index contributed by atoms with van der Waals surface area (Å²) in [6.07, 6.45) is 7.41. The summed E-state index contributed by atoms with van der Waals surface area (Å²) >= 11 is 6.08. The number of rotatable bonds is 7. The number of hydrogen-bond donors (Lipinski definition) is 2. The van der Waals surface area contributed by atoms with E-state index in [2.05, 4.69) is 20.3 Å². The third-order valence-electron chi connectivity index (χ3n) is 4.32. The normalized spacial score (nSPS) is 11.3. The van der Waals surface area contributed by atoms with Gasteiger partial charge in [0.25, 0.3) is 0 Å². The molecule has 0 aromatic carbocycles. The summed E-state index contributed by atoms with van der Waals surface area (Å²) in [6, 6.07) is 9.69. The fourth-order valence-corrected chi connectivity index (χ4v) is 3.02. The van der Waals surface area contributed by atoms with Crippen molar-refractivity contribution < 1.29 is 4.74 Å². The lowest BCUT2D eigenvalue weighted by Gasteiger charge is -2.11. The van der Waals surface area contributed by atoms with Crippen molar-refractivity contribution in [2.45, 2.75) is 19.9 Å². The van der Waals surface area contributed by atoms with E-state index in [0.717, 1.165) is 33.8 Å². The highest BCUT2D eigenvalue weighted by molar-refractivity contribution is 6.30. The molecule has 0 radical (unpaired) electrons. The molecule has 0 saturated carbocycles. The van der Waals surface area contributed by atoms with Gasteiger partial charge in [0.1, 0.15) is 5.82 Å². The maximum Gasteiger partial charge on any atom is 0.218 e. The Labute approximate surface area is 169 Å². The highest BCUT2D eigenvalue weighted by Crippen LogP contribution is 2.24. The molecular weight excluding hydrogens is 374 g/mol. The van der Waals surface area contributed by atoms with Crippen molar-refractivity contribution >= 4 is 23.0 Å². The minimum Gasteiger partial charge on any atom is -0.481 e. The predicted molar refractivity (Wildman–Crippen MR) is 112 cm³/mol. The second kappa shape index (κ2) is 9.19. The number of hydrogen-bond acceptors (Lipinski definition) is 6. The molecule has 0 bridgehead atoms. The molecule has 3 rings (SSSR count). The Balaban J connectivity index is 1.67. The Morgan fingerprint density at radius 3 is 2.79 bits per heavy atom. The highest BCUT2D eigenvalue weighted by Gasteiger charge is 2.09. The molecule has 0 amide bonds. The topological polar surface area (TPSA) is 86.0 Å². The van der Waals surface area contributed by atoms with Gasteiger partial charge in [0.15, 0.2) is 0 Å². The molecule has 0 aliphatic heterocycles. The van der Waals surface area contributed by atoms with Gasteiger partial charge < -0.3 is 15.8 Å². The Morgan fingerprint density at radius 2 is 2.07 bits per heavy atom. The van der Waals surface area contributed by atoms with Gasteiger partial charge in [-0.25, -0.2) is 9.97 Å². The largest absolute Gasteiger partial charge is 0.481 e. The van der Waals surface area contributed by atoms with E-state index in [1.807, 2.05) is 43.5 Å². The van der Waals surface area contributed by atoms with Gasteiger partial charge in [0.05, 0.1) is 12.1 Å². The van der Waals surface area contributed by atoms with Gasteiger partial charge in [0, 0.05) is 48.4 Å². The first-order valence-corrected chi connectivity index (χ1v) is 9.18. The van der Waals surface area contributed by atoms with Crippen LogP contribution in [0, 0.1) is 6.92 Å². The number of ether oxygens (including phenoxy) is 1. The summed E-state index contributed by atoms with van der Waals surface area (Å²) in [7, 11) is 1.61. The number of anilines is 1. The third kappa shape index (κ3) is 4.78. The molecule has 0 aliphatic carbocycles. The quantitative estimate of drug-likeness (QED) is 0.629. The summed E-state index contributed by atoms with van der Waals surface area (Å²) in [4.78, 5) is 13.0. The molecule has 3 aromatic heterocycles. The van der Waals surface area contributed by atoms with Crippen molar-refractivity contribution in [1.29, 1.82) is 0 Å². The van der Waals surface area contributed by atoms with Gasteiger partial charge in [-0.3, -0.25) is 4.98 Å². The average molecular weight is 396 g/mol. The van der Waals surface area contributed by atoms with Crippen LogP contribution in [0.25, 0.3) is 5.57 Å². The molecule has 0 saturated heterocycles. The van der Waals surface area contributed by atoms with Crippen LogP contribution in [0.5, 0.6) is 5.88 Å².